The van der Waals surface area contributed by atoms with Gasteiger partial charge in [-0.15, -0.1) is 0 Å². The number of carbonyl (C=O) groups excluding carboxylic acids is 1. The van der Waals surface area contributed by atoms with E-state index in [1.165, 1.54) is 12.1 Å². The summed E-state index contributed by atoms with van der Waals surface area (Å²) in [6, 6.07) is 27.1. The van der Waals surface area contributed by atoms with Crippen molar-refractivity contribution in [3.05, 3.63) is 126 Å². The molecule has 5 rings (SSSR count). The van der Waals surface area contributed by atoms with Gasteiger partial charge in [0.05, 0.1) is 11.3 Å². The normalized spacial score (nSPS) is 19.3. The second-order valence-corrected chi connectivity index (χ2v) is 13.2. The Morgan fingerprint density at radius 1 is 0.930 bits per heavy atom. The molecule has 8 nitrogen and oxygen atoms in total. The van der Waals surface area contributed by atoms with Crippen molar-refractivity contribution in [1.82, 2.24) is 4.31 Å². The lowest BCUT2D eigenvalue weighted by molar-refractivity contribution is -0.164. The van der Waals surface area contributed by atoms with Crippen LogP contribution in [0.3, 0.4) is 0 Å². The lowest BCUT2D eigenvalue weighted by Gasteiger charge is -2.41. The maximum absolute atomic E-state index is 14.0. The fraction of sp³-hybridized carbons (Fsp3) is 0.324. The minimum absolute atomic E-state index is 0.0103. The van der Waals surface area contributed by atoms with E-state index in [2.05, 4.69) is 0 Å². The van der Waals surface area contributed by atoms with E-state index in [-0.39, 0.29) is 54.4 Å². The Morgan fingerprint density at radius 2 is 1.56 bits per heavy atom. The van der Waals surface area contributed by atoms with E-state index >= 15 is 0 Å². The van der Waals surface area contributed by atoms with Gasteiger partial charge in [-0.3, -0.25) is 4.31 Å². The smallest absolute Gasteiger partial charge is 0.360 e. The molecule has 2 aliphatic heterocycles. The quantitative estimate of drug-likeness (QED) is 0.238. The third-order valence-electron chi connectivity index (χ3n) is 7.79. The number of hydrogen-bond donors (Lipinski definition) is 1. The number of allylic oxidation sites excluding steroid dienone is 1. The van der Waals surface area contributed by atoms with Gasteiger partial charge in [0.15, 0.2) is 5.70 Å². The maximum atomic E-state index is 14.0. The Morgan fingerprint density at radius 3 is 2.14 bits per heavy atom. The van der Waals surface area contributed by atoms with Crippen LogP contribution in [0.2, 0.25) is 0 Å². The lowest BCUT2D eigenvalue weighted by Crippen LogP contribution is -2.45. The number of cyclic esters (lactones) is 1. The van der Waals surface area contributed by atoms with Gasteiger partial charge in [-0.05, 0) is 42.0 Å². The molecule has 43 heavy (non-hydrogen) atoms. The highest BCUT2D eigenvalue weighted by atomic mass is 32.2. The van der Waals surface area contributed by atoms with Crippen LogP contribution in [-0.4, -0.2) is 37.1 Å². The molecule has 3 aromatic rings. The molecule has 0 fully saturated rings. The van der Waals surface area contributed by atoms with Crippen LogP contribution in [0.5, 0.6) is 0 Å². The largest absolute Gasteiger partial charge is 0.510 e. The number of ether oxygens (including phenoxy) is 3. The second-order valence-electron chi connectivity index (χ2n) is 11.3. The minimum Gasteiger partial charge on any atom is -0.510 e. The summed E-state index contributed by atoms with van der Waals surface area (Å²) >= 11 is 0. The summed E-state index contributed by atoms with van der Waals surface area (Å²) in [5.41, 5.74) is 0.100. The van der Waals surface area contributed by atoms with Crippen molar-refractivity contribution in [1.29, 1.82) is 0 Å². The van der Waals surface area contributed by atoms with Crippen LogP contribution in [0, 0.1) is 11.8 Å². The van der Waals surface area contributed by atoms with E-state index < -0.39 is 21.6 Å². The van der Waals surface area contributed by atoms with Crippen molar-refractivity contribution < 1.29 is 32.5 Å². The Kier molecular flexibility index (Phi) is 9.11. The molecule has 0 aliphatic carbocycles. The molecule has 0 aromatic heterocycles. The third-order valence-corrected chi connectivity index (χ3v) is 9.61. The van der Waals surface area contributed by atoms with Crippen LogP contribution in [0.15, 0.2) is 119 Å². The zero-order valence-electron chi connectivity index (χ0n) is 24.4. The molecule has 2 heterocycles. The van der Waals surface area contributed by atoms with E-state index in [1.54, 1.807) is 24.5 Å². The first kappa shape index (κ1) is 30.2. The van der Waals surface area contributed by atoms with Crippen molar-refractivity contribution in [3.63, 3.8) is 0 Å². The molecule has 1 N–H and O–H groups in total. The van der Waals surface area contributed by atoms with Gasteiger partial charge in [-0.2, -0.15) is 0 Å². The SMILES string of the molecule is CC(C)CCN(C1=C(O)CC(CC(Cc2ccccc2)C2=COCO2)(c2ccccc2)OC1=O)S(=O)(=O)c1ccccc1. The van der Waals surface area contributed by atoms with Gasteiger partial charge in [0.2, 0.25) is 6.79 Å². The first-order valence-electron chi connectivity index (χ1n) is 14.5. The van der Waals surface area contributed by atoms with E-state index in [0.29, 0.717) is 24.2 Å². The topological polar surface area (TPSA) is 102 Å². The van der Waals surface area contributed by atoms with Crippen LogP contribution in [-0.2, 0) is 41.1 Å². The fourth-order valence-corrected chi connectivity index (χ4v) is 7.12. The molecule has 0 radical (unpaired) electrons. The predicted molar refractivity (Wildman–Crippen MR) is 162 cm³/mol. The number of sulfonamides is 1. The highest BCUT2D eigenvalue weighted by Crippen LogP contribution is 2.46. The van der Waals surface area contributed by atoms with E-state index in [0.717, 1.165) is 9.87 Å². The molecule has 2 unspecified atom stereocenters. The zero-order chi connectivity index (χ0) is 30.5. The number of hydrogen-bond acceptors (Lipinski definition) is 7. The molecular weight excluding hydrogens is 566 g/mol. The van der Waals surface area contributed by atoms with Crippen LogP contribution < -0.4 is 0 Å². The molecular formula is C34H37NO7S. The lowest BCUT2D eigenvalue weighted by atomic mass is 9.77. The monoisotopic (exact) mass is 603 g/mol. The number of benzene rings is 3. The minimum atomic E-state index is -4.17. The van der Waals surface area contributed by atoms with Crippen LogP contribution >= 0.6 is 0 Å². The van der Waals surface area contributed by atoms with Crippen molar-refractivity contribution in [2.45, 2.75) is 50.0 Å². The van der Waals surface area contributed by atoms with Gasteiger partial charge in [0.1, 0.15) is 23.4 Å². The Balaban J connectivity index is 1.57. The van der Waals surface area contributed by atoms with Gasteiger partial charge in [0.25, 0.3) is 10.0 Å². The van der Waals surface area contributed by atoms with Gasteiger partial charge >= 0.3 is 5.97 Å². The van der Waals surface area contributed by atoms with Crippen molar-refractivity contribution in [2.24, 2.45) is 11.8 Å². The fourth-order valence-electron chi connectivity index (χ4n) is 5.60. The van der Waals surface area contributed by atoms with Gasteiger partial charge in [-0.25, -0.2) is 13.2 Å². The summed E-state index contributed by atoms with van der Waals surface area (Å²) in [5, 5.41) is 11.7. The molecule has 0 amide bonds. The van der Waals surface area contributed by atoms with E-state index in [4.69, 9.17) is 14.2 Å². The molecule has 226 valence electrons. The molecule has 0 saturated heterocycles. The summed E-state index contributed by atoms with van der Waals surface area (Å²) in [6.45, 7) is 4.04. The van der Waals surface area contributed by atoms with Crippen LogP contribution in [0.1, 0.15) is 44.2 Å². The molecule has 0 spiro atoms. The molecule has 3 aromatic carbocycles. The number of esters is 1. The summed E-state index contributed by atoms with van der Waals surface area (Å²) in [6.07, 6.45) is 2.78. The average Bonchev–Trinajstić information content (AvgIpc) is 3.55. The Hall–Kier alpha value is -4.24. The van der Waals surface area contributed by atoms with E-state index in [1.807, 2.05) is 74.5 Å². The number of aliphatic hydroxyl groups is 1. The third kappa shape index (κ3) is 6.72. The second kappa shape index (κ2) is 13.0. The number of rotatable bonds is 12. The summed E-state index contributed by atoms with van der Waals surface area (Å²) < 4.78 is 46.2. The van der Waals surface area contributed by atoms with Gasteiger partial charge < -0.3 is 19.3 Å². The molecule has 0 bridgehead atoms. The summed E-state index contributed by atoms with van der Waals surface area (Å²) in [5.74, 6) is -0.724. The number of aliphatic hydroxyl groups excluding tert-OH is 1. The van der Waals surface area contributed by atoms with Crippen molar-refractivity contribution >= 4 is 16.0 Å². The molecule has 0 saturated carbocycles. The first-order valence-corrected chi connectivity index (χ1v) is 15.9. The molecule has 9 heteroatoms. The molecule has 2 atom stereocenters. The first-order chi connectivity index (χ1) is 20.7. The summed E-state index contributed by atoms with van der Waals surface area (Å²) in [7, 11) is -4.17. The van der Waals surface area contributed by atoms with Crippen LogP contribution in [0.4, 0.5) is 0 Å². The van der Waals surface area contributed by atoms with Gasteiger partial charge in [0, 0.05) is 18.9 Å². The van der Waals surface area contributed by atoms with Crippen molar-refractivity contribution in [2.75, 3.05) is 13.3 Å². The molecule has 2 aliphatic rings. The standard InChI is InChI=1S/C34H37NO7S/c1-25(2)18-19-35(43(38,39)29-16-10-5-11-17-29)32-30(36)22-34(42-33(32)37,28-14-8-4-9-15-28)21-27(31-23-40-24-41-31)20-26-12-6-3-7-13-26/h3-17,23,25,27,36H,18-22,24H2,1-2H3. The van der Waals surface area contributed by atoms with E-state index in [9.17, 15) is 18.3 Å². The van der Waals surface area contributed by atoms with Crippen LogP contribution in [0.25, 0.3) is 0 Å². The maximum Gasteiger partial charge on any atom is 0.360 e. The highest BCUT2D eigenvalue weighted by molar-refractivity contribution is 7.89. The Bertz CT molecular complexity index is 1570. The highest BCUT2D eigenvalue weighted by Gasteiger charge is 2.48. The van der Waals surface area contributed by atoms with Crippen molar-refractivity contribution in [3.8, 4) is 0 Å². The number of nitrogens with zero attached hydrogens (tertiary/aromatic N) is 1. The zero-order valence-corrected chi connectivity index (χ0v) is 25.2. The summed E-state index contributed by atoms with van der Waals surface area (Å²) in [4.78, 5) is 14.0. The average molecular weight is 604 g/mol. The van der Waals surface area contributed by atoms with Gasteiger partial charge in [-0.1, -0.05) is 92.7 Å². The predicted octanol–water partition coefficient (Wildman–Crippen LogP) is 6.43. The Labute approximate surface area is 253 Å². The number of carbonyl (C=O) groups is 1.